The molecule has 3 aromatic rings. The number of nitrogen functional groups attached to an aromatic ring is 1. The Balaban J connectivity index is 2.35. The van der Waals surface area contributed by atoms with Gasteiger partial charge in [0.05, 0.1) is 21.5 Å². The highest BCUT2D eigenvalue weighted by Crippen LogP contribution is 2.41. The van der Waals surface area contributed by atoms with Gasteiger partial charge in [0, 0.05) is 5.69 Å². The van der Waals surface area contributed by atoms with E-state index in [9.17, 15) is 30.7 Å². The summed E-state index contributed by atoms with van der Waals surface area (Å²) >= 11 is 5.79. The van der Waals surface area contributed by atoms with Crippen LogP contribution < -0.4 is 5.73 Å². The zero-order valence-corrected chi connectivity index (χ0v) is 15.5. The molecule has 0 atom stereocenters. The van der Waals surface area contributed by atoms with Gasteiger partial charge in [0.1, 0.15) is 11.5 Å². The van der Waals surface area contributed by atoms with Crippen LogP contribution in [0.5, 0.6) is 0 Å². The van der Waals surface area contributed by atoms with Gasteiger partial charge in [0.25, 0.3) is 0 Å². The summed E-state index contributed by atoms with van der Waals surface area (Å²) in [6.45, 7) is 3.22. The molecule has 156 valence electrons. The summed E-state index contributed by atoms with van der Waals surface area (Å²) in [6, 6.07) is 1.40. The summed E-state index contributed by atoms with van der Waals surface area (Å²) in [5.41, 5.74) is 2.18. The lowest BCUT2D eigenvalue weighted by molar-refractivity contribution is -0.138. The number of pyridine rings is 1. The van der Waals surface area contributed by atoms with Crippen LogP contribution in [0.25, 0.3) is 16.7 Å². The summed E-state index contributed by atoms with van der Waals surface area (Å²) in [5.74, 6) is -2.50. The van der Waals surface area contributed by atoms with E-state index in [-0.39, 0.29) is 11.8 Å². The molecule has 4 nitrogen and oxygen atoms in total. The van der Waals surface area contributed by atoms with E-state index in [0.29, 0.717) is 10.7 Å². The molecule has 2 heterocycles. The van der Waals surface area contributed by atoms with E-state index < -0.39 is 62.8 Å². The highest BCUT2D eigenvalue weighted by Gasteiger charge is 2.37. The standard InChI is InChI=1S/C17H12ClF7N4/c1-6(2)11-5-8(17(23,24)25)12-14(26)29(28-15(12)27-11)13-9(18)3-7(4-10(13)19)16(20,21)22/h3-6H,26H2,1-2H3. The number of nitrogens with two attached hydrogens (primary N) is 1. The van der Waals surface area contributed by atoms with Gasteiger partial charge in [-0.2, -0.15) is 26.3 Å². The predicted octanol–water partition coefficient (Wildman–Crippen LogP) is 5.96. The van der Waals surface area contributed by atoms with Crippen LogP contribution in [0.15, 0.2) is 18.2 Å². The van der Waals surface area contributed by atoms with Crippen LogP contribution in [0.2, 0.25) is 5.02 Å². The fourth-order valence-electron chi connectivity index (χ4n) is 2.75. The molecule has 0 aliphatic carbocycles. The van der Waals surface area contributed by atoms with Gasteiger partial charge in [-0.1, -0.05) is 25.4 Å². The highest BCUT2D eigenvalue weighted by atomic mass is 35.5. The zero-order chi connectivity index (χ0) is 21.9. The number of hydrogen-bond donors (Lipinski definition) is 1. The molecule has 2 aromatic heterocycles. The van der Waals surface area contributed by atoms with Gasteiger partial charge in [-0.25, -0.2) is 14.1 Å². The van der Waals surface area contributed by atoms with E-state index in [1.165, 1.54) is 0 Å². The van der Waals surface area contributed by atoms with Crippen molar-refractivity contribution in [3.63, 3.8) is 0 Å². The lowest BCUT2D eigenvalue weighted by Gasteiger charge is -2.13. The van der Waals surface area contributed by atoms with E-state index in [4.69, 9.17) is 17.3 Å². The molecule has 0 saturated carbocycles. The van der Waals surface area contributed by atoms with Gasteiger partial charge >= 0.3 is 12.4 Å². The first-order valence-electron chi connectivity index (χ1n) is 8.04. The maximum atomic E-state index is 14.4. The number of alkyl halides is 6. The molecule has 0 saturated heterocycles. The highest BCUT2D eigenvalue weighted by molar-refractivity contribution is 6.32. The van der Waals surface area contributed by atoms with E-state index in [0.717, 1.165) is 6.07 Å². The molecule has 2 N–H and O–H groups in total. The minimum Gasteiger partial charge on any atom is -0.383 e. The normalized spacial score (nSPS) is 12.9. The van der Waals surface area contributed by atoms with E-state index in [1.807, 2.05) is 0 Å². The minimum absolute atomic E-state index is 0.0634. The fraction of sp³-hybridized carbons (Fsp3) is 0.294. The molecule has 0 radical (unpaired) electrons. The van der Waals surface area contributed by atoms with Crippen molar-refractivity contribution >= 4 is 28.5 Å². The Kier molecular flexibility index (Phi) is 4.93. The lowest BCUT2D eigenvalue weighted by Crippen LogP contribution is -2.11. The van der Waals surface area contributed by atoms with Crippen LogP contribution >= 0.6 is 11.6 Å². The molecule has 1 aromatic carbocycles. The van der Waals surface area contributed by atoms with E-state index in [2.05, 4.69) is 10.1 Å². The summed E-state index contributed by atoms with van der Waals surface area (Å²) in [7, 11) is 0. The largest absolute Gasteiger partial charge is 0.417 e. The maximum Gasteiger partial charge on any atom is 0.417 e. The maximum absolute atomic E-state index is 14.4. The van der Waals surface area contributed by atoms with Crippen LogP contribution in [0.3, 0.4) is 0 Å². The van der Waals surface area contributed by atoms with Crippen molar-refractivity contribution in [3.05, 3.63) is 45.9 Å². The van der Waals surface area contributed by atoms with E-state index in [1.54, 1.807) is 13.8 Å². The SMILES string of the molecule is CC(C)c1cc(C(F)(F)F)c2c(N)n(-c3c(F)cc(C(F)(F)F)cc3Cl)nc2n1. The fourth-order valence-corrected chi connectivity index (χ4v) is 3.04. The zero-order valence-electron chi connectivity index (χ0n) is 14.8. The van der Waals surface area contributed by atoms with Crippen molar-refractivity contribution in [3.8, 4) is 5.69 Å². The molecule has 0 spiro atoms. The number of halogens is 8. The Bertz CT molecular complexity index is 1080. The van der Waals surface area contributed by atoms with Gasteiger partial charge in [0.15, 0.2) is 11.5 Å². The second kappa shape index (κ2) is 6.75. The summed E-state index contributed by atoms with van der Waals surface area (Å²) in [5, 5.41) is 2.46. The van der Waals surface area contributed by atoms with Crippen molar-refractivity contribution in [1.82, 2.24) is 14.8 Å². The van der Waals surface area contributed by atoms with Gasteiger partial charge in [0.2, 0.25) is 0 Å². The molecule has 0 fully saturated rings. The minimum atomic E-state index is -4.87. The third-order valence-corrected chi connectivity index (χ3v) is 4.44. The molecule has 3 rings (SSSR count). The average molecular weight is 441 g/mol. The first-order valence-corrected chi connectivity index (χ1v) is 8.42. The van der Waals surface area contributed by atoms with Crippen molar-refractivity contribution in [2.24, 2.45) is 0 Å². The topological polar surface area (TPSA) is 56.7 Å². The van der Waals surface area contributed by atoms with Gasteiger partial charge in [-0.3, -0.25) is 0 Å². The van der Waals surface area contributed by atoms with Gasteiger partial charge < -0.3 is 5.73 Å². The van der Waals surface area contributed by atoms with Gasteiger partial charge in [-0.05, 0) is 24.1 Å². The van der Waals surface area contributed by atoms with Crippen LogP contribution in [-0.4, -0.2) is 14.8 Å². The van der Waals surface area contributed by atoms with Crippen molar-refractivity contribution in [2.45, 2.75) is 32.1 Å². The molecular formula is C17H12ClF7N4. The number of aromatic nitrogens is 3. The summed E-state index contributed by atoms with van der Waals surface area (Å²) in [6.07, 6.45) is -9.70. The molecule has 0 bridgehead atoms. The molecular weight excluding hydrogens is 429 g/mol. The number of fused-ring (bicyclic) bond motifs is 1. The second-order valence-corrected chi connectivity index (χ2v) is 6.94. The van der Waals surface area contributed by atoms with Crippen molar-refractivity contribution in [2.75, 3.05) is 5.73 Å². The number of benzene rings is 1. The number of anilines is 1. The molecule has 29 heavy (non-hydrogen) atoms. The quantitative estimate of drug-likeness (QED) is 0.500. The van der Waals surface area contributed by atoms with Crippen molar-refractivity contribution < 1.29 is 30.7 Å². The molecule has 0 unspecified atom stereocenters. The molecule has 0 amide bonds. The molecule has 0 aliphatic rings. The van der Waals surface area contributed by atoms with E-state index >= 15 is 0 Å². The summed E-state index contributed by atoms with van der Waals surface area (Å²) in [4.78, 5) is 4.01. The second-order valence-electron chi connectivity index (χ2n) is 6.53. The smallest absolute Gasteiger partial charge is 0.383 e. The number of rotatable bonds is 2. The first kappa shape index (κ1) is 21.2. The average Bonchev–Trinajstić information content (AvgIpc) is 2.88. The Labute approximate surface area is 164 Å². The monoisotopic (exact) mass is 440 g/mol. The first-order chi connectivity index (χ1) is 13.2. The van der Waals surface area contributed by atoms with Crippen LogP contribution in [-0.2, 0) is 12.4 Å². The third-order valence-electron chi connectivity index (χ3n) is 4.15. The number of hydrogen-bond acceptors (Lipinski definition) is 3. The van der Waals surface area contributed by atoms with Crippen LogP contribution in [0.1, 0.15) is 36.6 Å². The Morgan fingerprint density at radius 1 is 1.03 bits per heavy atom. The lowest BCUT2D eigenvalue weighted by atomic mass is 10.0. The Morgan fingerprint density at radius 3 is 2.14 bits per heavy atom. The number of nitrogens with zero attached hydrogens (tertiary/aromatic N) is 3. The third kappa shape index (κ3) is 3.70. The summed E-state index contributed by atoms with van der Waals surface area (Å²) < 4.78 is 94.1. The van der Waals surface area contributed by atoms with Crippen molar-refractivity contribution in [1.29, 1.82) is 0 Å². The predicted molar refractivity (Wildman–Crippen MR) is 92.3 cm³/mol. The van der Waals surface area contributed by atoms with Crippen LogP contribution in [0, 0.1) is 5.82 Å². The van der Waals surface area contributed by atoms with Gasteiger partial charge in [-0.15, -0.1) is 5.10 Å². The molecule has 12 heteroatoms. The Hall–Kier alpha value is -2.56. The molecule has 0 aliphatic heterocycles. The Morgan fingerprint density at radius 2 is 1.66 bits per heavy atom. The van der Waals surface area contributed by atoms with Crippen LogP contribution in [0.4, 0.5) is 36.6 Å².